The standard InChI is InChI=1S/C13H15ClO/c1-4-6-10(5-2)12-9-11(14)7-8-13(12)15-3/h1,7-10H,5-6H2,2-3H3. The van der Waals surface area contributed by atoms with Gasteiger partial charge in [0.2, 0.25) is 0 Å². The van der Waals surface area contributed by atoms with Gasteiger partial charge in [-0.3, -0.25) is 0 Å². The first kappa shape index (κ1) is 11.9. The third kappa shape index (κ3) is 2.91. The van der Waals surface area contributed by atoms with Crippen molar-refractivity contribution in [3.05, 3.63) is 28.8 Å². The Hall–Kier alpha value is -1.13. The van der Waals surface area contributed by atoms with Crippen LogP contribution < -0.4 is 4.74 Å². The van der Waals surface area contributed by atoms with Crippen LogP contribution in [0, 0.1) is 12.3 Å². The fourth-order valence-electron chi connectivity index (χ4n) is 1.64. The zero-order valence-electron chi connectivity index (χ0n) is 9.09. The first-order chi connectivity index (χ1) is 7.22. The second-order valence-electron chi connectivity index (χ2n) is 3.40. The highest BCUT2D eigenvalue weighted by atomic mass is 35.5. The molecule has 0 radical (unpaired) electrons. The van der Waals surface area contributed by atoms with E-state index >= 15 is 0 Å². The van der Waals surface area contributed by atoms with E-state index in [0.29, 0.717) is 12.3 Å². The number of methoxy groups -OCH3 is 1. The fraction of sp³-hybridized carbons (Fsp3) is 0.385. The van der Waals surface area contributed by atoms with Crippen LogP contribution in [0.3, 0.4) is 0 Å². The molecule has 0 spiro atoms. The maximum absolute atomic E-state index is 5.97. The largest absolute Gasteiger partial charge is 0.496 e. The van der Waals surface area contributed by atoms with Gasteiger partial charge in [-0.15, -0.1) is 12.3 Å². The van der Waals surface area contributed by atoms with Crippen LogP contribution in [0.5, 0.6) is 5.75 Å². The summed E-state index contributed by atoms with van der Waals surface area (Å²) in [6.45, 7) is 2.11. The first-order valence-corrected chi connectivity index (χ1v) is 5.37. The van der Waals surface area contributed by atoms with E-state index in [0.717, 1.165) is 22.8 Å². The molecule has 15 heavy (non-hydrogen) atoms. The molecule has 0 aromatic heterocycles. The highest BCUT2D eigenvalue weighted by Crippen LogP contribution is 2.33. The van der Waals surface area contributed by atoms with Crippen LogP contribution in [0.2, 0.25) is 5.02 Å². The van der Waals surface area contributed by atoms with Gasteiger partial charge in [-0.25, -0.2) is 0 Å². The van der Waals surface area contributed by atoms with Gasteiger partial charge in [0.1, 0.15) is 5.75 Å². The monoisotopic (exact) mass is 222 g/mol. The Morgan fingerprint density at radius 2 is 2.27 bits per heavy atom. The van der Waals surface area contributed by atoms with Crippen molar-refractivity contribution in [1.82, 2.24) is 0 Å². The molecule has 0 aliphatic carbocycles. The predicted octanol–water partition coefficient (Wildman–Crippen LogP) is 3.87. The lowest BCUT2D eigenvalue weighted by Crippen LogP contribution is -1.99. The Balaban J connectivity index is 3.09. The van der Waals surface area contributed by atoms with Gasteiger partial charge >= 0.3 is 0 Å². The molecular formula is C13H15ClO. The van der Waals surface area contributed by atoms with Crippen LogP contribution in [0.4, 0.5) is 0 Å². The second kappa shape index (κ2) is 5.68. The van der Waals surface area contributed by atoms with Gasteiger partial charge in [0.05, 0.1) is 7.11 Å². The third-order valence-electron chi connectivity index (χ3n) is 2.49. The van der Waals surface area contributed by atoms with Crippen LogP contribution in [0.1, 0.15) is 31.2 Å². The van der Waals surface area contributed by atoms with Crippen LogP contribution in [0.25, 0.3) is 0 Å². The van der Waals surface area contributed by atoms with Crippen LogP contribution in [-0.4, -0.2) is 7.11 Å². The molecule has 0 aliphatic heterocycles. The van der Waals surface area contributed by atoms with Gasteiger partial charge in [-0.1, -0.05) is 18.5 Å². The molecule has 0 aliphatic rings. The average Bonchev–Trinajstić information content (AvgIpc) is 2.26. The minimum Gasteiger partial charge on any atom is -0.496 e. The van der Waals surface area contributed by atoms with E-state index in [1.54, 1.807) is 7.11 Å². The molecule has 0 amide bonds. The number of rotatable bonds is 4. The van der Waals surface area contributed by atoms with Crippen molar-refractivity contribution >= 4 is 11.6 Å². The summed E-state index contributed by atoms with van der Waals surface area (Å²) in [4.78, 5) is 0. The molecule has 1 aromatic carbocycles. The Bertz CT molecular complexity index is 365. The molecule has 1 nitrogen and oxygen atoms in total. The Labute approximate surface area is 96.4 Å². The molecule has 2 heteroatoms. The van der Waals surface area contributed by atoms with E-state index in [9.17, 15) is 0 Å². The van der Waals surface area contributed by atoms with Crippen LogP contribution >= 0.6 is 11.6 Å². The Morgan fingerprint density at radius 1 is 1.53 bits per heavy atom. The van der Waals surface area contributed by atoms with E-state index in [1.807, 2.05) is 18.2 Å². The number of hydrogen-bond donors (Lipinski definition) is 0. The quantitative estimate of drug-likeness (QED) is 0.703. The lowest BCUT2D eigenvalue weighted by molar-refractivity contribution is 0.405. The summed E-state index contributed by atoms with van der Waals surface area (Å²) in [5, 5.41) is 0.723. The summed E-state index contributed by atoms with van der Waals surface area (Å²) < 4.78 is 5.30. The highest BCUT2D eigenvalue weighted by Gasteiger charge is 2.13. The number of ether oxygens (including phenoxy) is 1. The molecular weight excluding hydrogens is 208 g/mol. The number of benzene rings is 1. The lowest BCUT2D eigenvalue weighted by atomic mass is 9.93. The Morgan fingerprint density at radius 3 is 2.80 bits per heavy atom. The summed E-state index contributed by atoms with van der Waals surface area (Å²) in [5.41, 5.74) is 1.10. The van der Waals surface area contributed by atoms with Crippen molar-refractivity contribution in [1.29, 1.82) is 0 Å². The smallest absolute Gasteiger partial charge is 0.122 e. The van der Waals surface area contributed by atoms with Gasteiger partial charge in [-0.2, -0.15) is 0 Å². The maximum Gasteiger partial charge on any atom is 0.122 e. The highest BCUT2D eigenvalue weighted by molar-refractivity contribution is 6.30. The average molecular weight is 223 g/mol. The molecule has 80 valence electrons. The van der Waals surface area contributed by atoms with Crippen molar-refractivity contribution in [3.63, 3.8) is 0 Å². The van der Waals surface area contributed by atoms with Crippen molar-refractivity contribution in [2.45, 2.75) is 25.7 Å². The van der Waals surface area contributed by atoms with Crippen molar-refractivity contribution in [3.8, 4) is 18.1 Å². The maximum atomic E-state index is 5.97. The van der Waals surface area contributed by atoms with Gasteiger partial charge in [0.25, 0.3) is 0 Å². The van der Waals surface area contributed by atoms with Crippen molar-refractivity contribution in [2.24, 2.45) is 0 Å². The van der Waals surface area contributed by atoms with Gasteiger partial charge in [0.15, 0.2) is 0 Å². The molecule has 1 atom stereocenters. The molecule has 0 saturated carbocycles. The molecule has 0 bridgehead atoms. The molecule has 0 saturated heterocycles. The minimum absolute atomic E-state index is 0.323. The van der Waals surface area contributed by atoms with E-state index in [-0.39, 0.29) is 0 Å². The van der Waals surface area contributed by atoms with E-state index in [1.165, 1.54) is 0 Å². The van der Waals surface area contributed by atoms with E-state index < -0.39 is 0 Å². The first-order valence-electron chi connectivity index (χ1n) is 4.99. The molecule has 0 fully saturated rings. The third-order valence-corrected chi connectivity index (χ3v) is 2.72. The SMILES string of the molecule is C#CCC(CC)c1cc(Cl)ccc1OC. The Kier molecular flexibility index (Phi) is 4.52. The zero-order valence-corrected chi connectivity index (χ0v) is 9.84. The minimum atomic E-state index is 0.323. The van der Waals surface area contributed by atoms with E-state index in [4.69, 9.17) is 22.8 Å². The molecule has 0 heterocycles. The van der Waals surface area contributed by atoms with Crippen molar-refractivity contribution < 1.29 is 4.74 Å². The summed E-state index contributed by atoms with van der Waals surface area (Å²) >= 11 is 5.97. The fourth-order valence-corrected chi connectivity index (χ4v) is 1.82. The topological polar surface area (TPSA) is 9.23 Å². The summed E-state index contributed by atoms with van der Waals surface area (Å²) in [5.74, 6) is 3.87. The summed E-state index contributed by atoms with van der Waals surface area (Å²) in [7, 11) is 1.66. The van der Waals surface area contributed by atoms with Gasteiger partial charge in [0, 0.05) is 11.4 Å². The second-order valence-corrected chi connectivity index (χ2v) is 3.84. The number of terminal acetylenes is 1. The molecule has 1 aromatic rings. The number of halogens is 1. The normalized spacial score (nSPS) is 11.9. The predicted molar refractivity (Wildman–Crippen MR) is 64.5 cm³/mol. The summed E-state index contributed by atoms with van der Waals surface area (Å²) in [6.07, 6.45) is 7.05. The zero-order chi connectivity index (χ0) is 11.3. The van der Waals surface area contributed by atoms with E-state index in [2.05, 4.69) is 12.8 Å². The van der Waals surface area contributed by atoms with Crippen molar-refractivity contribution in [2.75, 3.05) is 7.11 Å². The molecule has 1 unspecified atom stereocenters. The van der Waals surface area contributed by atoms with Gasteiger partial charge in [-0.05, 0) is 36.1 Å². The van der Waals surface area contributed by atoms with Gasteiger partial charge < -0.3 is 4.74 Å². The number of hydrogen-bond acceptors (Lipinski definition) is 1. The van der Waals surface area contributed by atoms with Crippen LogP contribution in [0.15, 0.2) is 18.2 Å². The summed E-state index contributed by atoms with van der Waals surface area (Å²) in [6, 6.07) is 5.65. The molecule has 0 N–H and O–H groups in total. The lowest BCUT2D eigenvalue weighted by Gasteiger charge is -2.16. The van der Waals surface area contributed by atoms with Crippen LogP contribution in [-0.2, 0) is 0 Å². The molecule has 1 rings (SSSR count).